The summed E-state index contributed by atoms with van der Waals surface area (Å²) in [5.41, 5.74) is 1.52. The molecule has 0 aliphatic rings. The maximum absolute atomic E-state index is 13.3. The number of hydrogen-bond donors (Lipinski definition) is 0. The van der Waals surface area contributed by atoms with Gasteiger partial charge in [-0.1, -0.05) is 49.4 Å². The number of carbonyl (C=O) groups excluding carboxylic acids is 1. The molecule has 0 saturated heterocycles. The minimum Gasteiger partial charge on any atom is -0.328 e. The van der Waals surface area contributed by atoms with Gasteiger partial charge in [-0.05, 0) is 44.3 Å². The van der Waals surface area contributed by atoms with Gasteiger partial charge in [0.1, 0.15) is 5.82 Å². The SMILES string of the molecule is CCC(c1nc2ccccc2c(=O)n1C)N(CCN(C)C)C(=O)/C=C/c1ccccc1. The van der Waals surface area contributed by atoms with E-state index in [2.05, 4.69) is 0 Å². The summed E-state index contributed by atoms with van der Waals surface area (Å²) in [6.07, 6.45) is 4.08. The fraction of sp³-hybridized carbons (Fsp3) is 0.320. The normalized spacial score (nSPS) is 12.5. The summed E-state index contributed by atoms with van der Waals surface area (Å²) in [4.78, 5) is 34.8. The minimum atomic E-state index is -0.310. The van der Waals surface area contributed by atoms with Crippen LogP contribution in [0.25, 0.3) is 17.0 Å². The Hall–Kier alpha value is -3.25. The summed E-state index contributed by atoms with van der Waals surface area (Å²) in [6.45, 7) is 3.26. The van der Waals surface area contributed by atoms with E-state index in [4.69, 9.17) is 4.98 Å². The molecule has 31 heavy (non-hydrogen) atoms. The molecule has 0 fully saturated rings. The molecule has 6 nitrogen and oxygen atoms in total. The number of rotatable bonds is 8. The van der Waals surface area contributed by atoms with E-state index in [0.717, 1.165) is 5.56 Å². The zero-order chi connectivity index (χ0) is 22.4. The Bertz CT molecular complexity index is 1120. The minimum absolute atomic E-state index is 0.0973. The fourth-order valence-corrected chi connectivity index (χ4v) is 3.63. The first kappa shape index (κ1) is 22.4. The molecule has 0 spiro atoms. The Balaban J connectivity index is 2.01. The lowest BCUT2D eigenvalue weighted by Gasteiger charge is -2.32. The van der Waals surface area contributed by atoms with Crippen LogP contribution in [-0.4, -0.2) is 52.4 Å². The van der Waals surface area contributed by atoms with Gasteiger partial charge in [0.2, 0.25) is 5.91 Å². The lowest BCUT2D eigenvalue weighted by atomic mass is 10.1. The van der Waals surface area contributed by atoms with Gasteiger partial charge < -0.3 is 9.80 Å². The second kappa shape index (κ2) is 10.2. The number of benzene rings is 2. The van der Waals surface area contributed by atoms with E-state index in [1.807, 2.05) is 85.4 Å². The predicted molar refractivity (Wildman–Crippen MR) is 126 cm³/mol. The Labute approximate surface area is 183 Å². The molecular formula is C25H30N4O2. The van der Waals surface area contributed by atoms with Gasteiger partial charge in [-0.2, -0.15) is 0 Å². The molecule has 0 saturated carbocycles. The topological polar surface area (TPSA) is 58.4 Å². The predicted octanol–water partition coefficient (Wildman–Crippen LogP) is 3.49. The van der Waals surface area contributed by atoms with Gasteiger partial charge in [-0.25, -0.2) is 4.98 Å². The van der Waals surface area contributed by atoms with Crippen molar-refractivity contribution in [3.05, 3.63) is 82.4 Å². The van der Waals surface area contributed by atoms with Gasteiger partial charge in [0.05, 0.1) is 16.9 Å². The van der Waals surface area contributed by atoms with Crippen molar-refractivity contribution >= 4 is 22.9 Å². The third kappa shape index (κ3) is 5.27. The van der Waals surface area contributed by atoms with Crippen LogP contribution in [0.2, 0.25) is 0 Å². The monoisotopic (exact) mass is 418 g/mol. The smallest absolute Gasteiger partial charge is 0.261 e. The average Bonchev–Trinajstić information content (AvgIpc) is 2.78. The van der Waals surface area contributed by atoms with Gasteiger partial charge in [0.25, 0.3) is 5.56 Å². The van der Waals surface area contributed by atoms with Crippen molar-refractivity contribution in [1.29, 1.82) is 0 Å². The number of hydrogen-bond acceptors (Lipinski definition) is 4. The molecule has 1 heterocycles. The molecule has 2 aromatic carbocycles. The third-order valence-electron chi connectivity index (χ3n) is 5.37. The van der Waals surface area contributed by atoms with E-state index in [1.165, 1.54) is 0 Å². The quantitative estimate of drug-likeness (QED) is 0.526. The largest absolute Gasteiger partial charge is 0.328 e. The van der Waals surface area contributed by atoms with Crippen molar-refractivity contribution in [2.24, 2.45) is 7.05 Å². The highest BCUT2D eigenvalue weighted by Gasteiger charge is 2.26. The van der Waals surface area contributed by atoms with E-state index in [-0.39, 0.29) is 17.5 Å². The average molecular weight is 419 g/mol. The molecule has 1 atom stereocenters. The van der Waals surface area contributed by atoms with E-state index in [9.17, 15) is 9.59 Å². The Morgan fingerprint density at radius 1 is 1.06 bits per heavy atom. The van der Waals surface area contributed by atoms with E-state index in [1.54, 1.807) is 23.8 Å². The maximum atomic E-state index is 13.3. The molecular weight excluding hydrogens is 388 g/mol. The van der Waals surface area contributed by atoms with Gasteiger partial charge in [-0.3, -0.25) is 14.2 Å². The lowest BCUT2D eigenvalue weighted by Crippen LogP contribution is -2.41. The second-order valence-electron chi connectivity index (χ2n) is 7.85. The molecule has 3 rings (SSSR count). The number of likely N-dealkylation sites (N-methyl/N-ethyl adjacent to an activating group) is 1. The van der Waals surface area contributed by atoms with Crippen molar-refractivity contribution in [2.45, 2.75) is 19.4 Å². The molecule has 0 aliphatic carbocycles. The van der Waals surface area contributed by atoms with Crippen LogP contribution < -0.4 is 5.56 Å². The van der Waals surface area contributed by atoms with Crippen LogP contribution in [0.3, 0.4) is 0 Å². The molecule has 162 valence electrons. The fourth-order valence-electron chi connectivity index (χ4n) is 3.63. The van der Waals surface area contributed by atoms with Gasteiger partial charge in [0.15, 0.2) is 0 Å². The van der Waals surface area contributed by atoms with Crippen molar-refractivity contribution in [2.75, 3.05) is 27.2 Å². The second-order valence-corrected chi connectivity index (χ2v) is 7.85. The van der Waals surface area contributed by atoms with Crippen LogP contribution in [0.4, 0.5) is 0 Å². The summed E-state index contributed by atoms with van der Waals surface area (Å²) in [5, 5.41) is 0.582. The maximum Gasteiger partial charge on any atom is 0.261 e. The van der Waals surface area contributed by atoms with E-state index in [0.29, 0.717) is 36.2 Å². The van der Waals surface area contributed by atoms with Gasteiger partial charge >= 0.3 is 0 Å². The van der Waals surface area contributed by atoms with Crippen LogP contribution in [-0.2, 0) is 11.8 Å². The third-order valence-corrected chi connectivity index (χ3v) is 5.37. The number of nitrogens with zero attached hydrogens (tertiary/aromatic N) is 4. The van der Waals surface area contributed by atoms with Gasteiger partial charge in [0, 0.05) is 26.2 Å². The molecule has 1 unspecified atom stereocenters. The standard InChI is InChI=1S/C25H30N4O2/c1-5-22(24-26-21-14-10-9-13-20(21)25(31)28(24)4)29(18-17-27(2)3)23(30)16-15-19-11-7-6-8-12-19/h6-16,22H,5,17-18H2,1-4H3/b16-15+. The Kier molecular flexibility index (Phi) is 7.36. The summed E-state index contributed by atoms with van der Waals surface area (Å²) >= 11 is 0. The molecule has 0 N–H and O–H groups in total. The first-order valence-electron chi connectivity index (χ1n) is 10.6. The molecule has 0 bridgehead atoms. The number of fused-ring (bicyclic) bond motifs is 1. The zero-order valence-corrected chi connectivity index (χ0v) is 18.7. The Morgan fingerprint density at radius 3 is 2.42 bits per heavy atom. The van der Waals surface area contributed by atoms with Crippen molar-refractivity contribution in [1.82, 2.24) is 19.4 Å². The van der Waals surface area contributed by atoms with E-state index >= 15 is 0 Å². The van der Waals surface area contributed by atoms with Crippen LogP contribution in [0.1, 0.15) is 30.8 Å². The highest BCUT2D eigenvalue weighted by Crippen LogP contribution is 2.24. The summed E-state index contributed by atoms with van der Waals surface area (Å²) in [6, 6.07) is 16.8. The molecule has 1 amide bonds. The van der Waals surface area contributed by atoms with Crippen LogP contribution in [0.5, 0.6) is 0 Å². The molecule has 0 aliphatic heterocycles. The van der Waals surface area contributed by atoms with Crippen molar-refractivity contribution in [3.8, 4) is 0 Å². The molecule has 0 radical (unpaired) electrons. The Morgan fingerprint density at radius 2 is 1.74 bits per heavy atom. The van der Waals surface area contributed by atoms with Crippen molar-refractivity contribution in [3.63, 3.8) is 0 Å². The molecule has 1 aromatic heterocycles. The molecule has 3 aromatic rings. The summed E-state index contributed by atoms with van der Waals surface area (Å²) in [5.74, 6) is 0.506. The summed E-state index contributed by atoms with van der Waals surface area (Å²) < 4.78 is 1.58. The van der Waals surface area contributed by atoms with E-state index < -0.39 is 0 Å². The van der Waals surface area contributed by atoms with Crippen LogP contribution >= 0.6 is 0 Å². The number of amides is 1. The van der Waals surface area contributed by atoms with Crippen LogP contribution in [0, 0.1) is 0 Å². The first-order valence-corrected chi connectivity index (χ1v) is 10.6. The highest BCUT2D eigenvalue weighted by atomic mass is 16.2. The highest BCUT2D eigenvalue weighted by molar-refractivity contribution is 5.92. The number of aromatic nitrogens is 2. The summed E-state index contributed by atoms with van der Waals surface area (Å²) in [7, 11) is 5.69. The zero-order valence-electron chi connectivity index (χ0n) is 18.7. The lowest BCUT2D eigenvalue weighted by molar-refractivity contribution is -0.128. The van der Waals surface area contributed by atoms with Crippen molar-refractivity contribution < 1.29 is 4.79 Å². The van der Waals surface area contributed by atoms with Gasteiger partial charge in [-0.15, -0.1) is 0 Å². The molecule has 6 heteroatoms. The number of para-hydroxylation sites is 1. The van der Waals surface area contributed by atoms with Crippen LogP contribution in [0.15, 0.2) is 65.5 Å². The first-order chi connectivity index (χ1) is 14.9. The number of carbonyl (C=O) groups is 1.